The highest BCUT2D eigenvalue weighted by Crippen LogP contribution is 2.43. The summed E-state index contributed by atoms with van der Waals surface area (Å²) in [4.78, 5) is 32.1. The number of nitrogens with zero attached hydrogens (tertiary/aromatic N) is 2. The Morgan fingerprint density at radius 2 is 1.79 bits per heavy atom. The summed E-state index contributed by atoms with van der Waals surface area (Å²) in [6, 6.07) is 13.6. The normalized spacial score (nSPS) is 17.2. The van der Waals surface area contributed by atoms with Gasteiger partial charge in [0.25, 0.3) is 11.7 Å². The van der Waals surface area contributed by atoms with Gasteiger partial charge in [-0.3, -0.25) is 14.6 Å². The number of hydrogen-bond donors (Lipinski definition) is 1. The number of carbonyl (C=O) groups is 2. The quantitative estimate of drug-likeness (QED) is 0.336. The van der Waals surface area contributed by atoms with Crippen LogP contribution >= 0.6 is 0 Å². The minimum Gasteiger partial charge on any atom is -0.507 e. The zero-order chi connectivity index (χ0) is 24.4. The topological polar surface area (TPSA) is 89.0 Å². The first kappa shape index (κ1) is 23.0. The lowest BCUT2D eigenvalue weighted by atomic mass is 9.93. The van der Waals surface area contributed by atoms with Gasteiger partial charge in [-0.2, -0.15) is 0 Å². The summed E-state index contributed by atoms with van der Waals surface area (Å²) >= 11 is 0. The van der Waals surface area contributed by atoms with Gasteiger partial charge in [0.1, 0.15) is 5.76 Å². The monoisotopic (exact) mass is 458 g/mol. The molecule has 1 amide bonds. The minimum absolute atomic E-state index is 0.0369. The average Bonchev–Trinajstić information content (AvgIpc) is 3.10. The van der Waals surface area contributed by atoms with E-state index >= 15 is 0 Å². The molecule has 0 spiro atoms. The molecule has 174 valence electrons. The number of aliphatic hydroxyl groups is 1. The fraction of sp³-hybridized carbons (Fsp3) is 0.222. The van der Waals surface area contributed by atoms with Crippen LogP contribution in [0, 0.1) is 13.8 Å². The van der Waals surface area contributed by atoms with Crippen LogP contribution < -0.4 is 9.47 Å². The molecular formula is C27H26N2O5. The summed E-state index contributed by atoms with van der Waals surface area (Å²) in [5.41, 5.74) is 3.67. The molecule has 0 aliphatic carbocycles. The maximum atomic E-state index is 13.3. The summed E-state index contributed by atoms with van der Waals surface area (Å²) < 4.78 is 10.8. The van der Waals surface area contributed by atoms with Crippen molar-refractivity contribution >= 4 is 17.4 Å². The molecule has 3 aromatic rings. The predicted octanol–water partition coefficient (Wildman–Crippen LogP) is 4.34. The molecule has 0 saturated carbocycles. The van der Waals surface area contributed by atoms with E-state index in [1.54, 1.807) is 36.7 Å². The van der Waals surface area contributed by atoms with Crippen LogP contribution in [0.4, 0.5) is 0 Å². The highest BCUT2D eigenvalue weighted by atomic mass is 16.5. The van der Waals surface area contributed by atoms with Crippen molar-refractivity contribution in [3.63, 3.8) is 0 Å². The standard InChI is InChI=1S/C27H26N2O5/c1-16-7-8-17(2)20(12-16)25(30)23-24(19-9-10-21(33-3)22(13-19)34-4)29(27(32)26(23)31)15-18-6-5-11-28-14-18/h5-14,24,30H,15H2,1-4H3. The molecule has 7 heteroatoms. The smallest absolute Gasteiger partial charge is 0.295 e. The molecule has 1 saturated heterocycles. The van der Waals surface area contributed by atoms with Crippen molar-refractivity contribution in [2.24, 2.45) is 0 Å². The van der Waals surface area contributed by atoms with Crippen LogP contribution in [-0.4, -0.2) is 40.9 Å². The Balaban J connectivity index is 1.93. The van der Waals surface area contributed by atoms with E-state index in [-0.39, 0.29) is 17.9 Å². The Morgan fingerprint density at radius 1 is 1.03 bits per heavy atom. The lowest BCUT2D eigenvalue weighted by molar-refractivity contribution is -0.140. The maximum absolute atomic E-state index is 13.3. The molecule has 2 heterocycles. The van der Waals surface area contributed by atoms with Crippen molar-refractivity contribution in [1.82, 2.24) is 9.88 Å². The Bertz CT molecular complexity index is 1280. The van der Waals surface area contributed by atoms with Crippen molar-refractivity contribution in [1.29, 1.82) is 0 Å². The zero-order valence-electron chi connectivity index (χ0n) is 19.5. The average molecular weight is 459 g/mol. The zero-order valence-corrected chi connectivity index (χ0v) is 19.5. The SMILES string of the molecule is COc1ccc(C2C(=C(O)c3cc(C)ccc3C)C(=O)C(=O)N2Cc2cccnc2)cc1OC. The molecule has 1 atom stereocenters. The van der Waals surface area contributed by atoms with E-state index in [1.165, 1.54) is 19.1 Å². The van der Waals surface area contributed by atoms with Crippen LogP contribution in [0.25, 0.3) is 5.76 Å². The van der Waals surface area contributed by atoms with Crippen molar-refractivity contribution < 1.29 is 24.2 Å². The number of benzene rings is 2. The lowest BCUT2D eigenvalue weighted by Gasteiger charge is -2.26. The third-order valence-corrected chi connectivity index (χ3v) is 5.99. The maximum Gasteiger partial charge on any atom is 0.295 e. The van der Waals surface area contributed by atoms with E-state index in [1.807, 2.05) is 38.1 Å². The van der Waals surface area contributed by atoms with Crippen molar-refractivity contribution in [2.75, 3.05) is 14.2 Å². The minimum atomic E-state index is -0.820. The van der Waals surface area contributed by atoms with Crippen LogP contribution in [0.2, 0.25) is 0 Å². The molecule has 1 fully saturated rings. The van der Waals surface area contributed by atoms with E-state index in [0.717, 1.165) is 16.7 Å². The van der Waals surface area contributed by atoms with Gasteiger partial charge in [0, 0.05) is 24.5 Å². The number of pyridine rings is 1. The van der Waals surface area contributed by atoms with Crippen LogP contribution in [0.1, 0.15) is 33.9 Å². The van der Waals surface area contributed by atoms with Crippen molar-refractivity contribution in [2.45, 2.75) is 26.4 Å². The number of rotatable bonds is 6. The highest BCUT2D eigenvalue weighted by molar-refractivity contribution is 6.46. The summed E-state index contributed by atoms with van der Waals surface area (Å²) in [5, 5.41) is 11.4. The predicted molar refractivity (Wildman–Crippen MR) is 128 cm³/mol. The molecule has 1 unspecified atom stereocenters. The summed E-state index contributed by atoms with van der Waals surface area (Å²) in [6.07, 6.45) is 3.29. The van der Waals surface area contributed by atoms with Gasteiger partial charge in [0.05, 0.1) is 25.8 Å². The molecule has 1 aliphatic heterocycles. The van der Waals surface area contributed by atoms with Gasteiger partial charge in [-0.1, -0.05) is 29.8 Å². The van der Waals surface area contributed by atoms with E-state index < -0.39 is 17.7 Å². The van der Waals surface area contributed by atoms with E-state index in [0.29, 0.717) is 22.6 Å². The second-order valence-corrected chi connectivity index (χ2v) is 8.22. The first-order valence-corrected chi connectivity index (χ1v) is 10.8. The second kappa shape index (κ2) is 9.39. The van der Waals surface area contributed by atoms with Gasteiger partial charge in [-0.15, -0.1) is 0 Å². The molecule has 2 aromatic carbocycles. The number of ketones is 1. The first-order valence-electron chi connectivity index (χ1n) is 10.8. The largest absolute Gasteiger partial charge is 0.507 e. The van der Waals surface area contributed by atoms with Gasteiger partial charge in [-0.05, 0) is 54.8 Å². The number of aryl methyl sites for hydroxylation is 2. The van der Waals surface area contributed by atoms with Crippen LogP contribution in [-0.2, 0) is 16.1 Å². The first-order chi connectivity index (χ1) is 16.3. The number of Topliss-reactive ketones (excluding diaryl/α,β-unsaturated/α-hetero) is 1. The number of aromatic nitrogens is 1. The van der Waals surface area contributed by atoms with E-state index in [9.17, 15) is 14.7 Å². The number of hydrogen-bond acceptors (Lipinski definition) is 6. The van der Waals surface area contributed by atoms with Crippen LogP contribution in [0.3, 0.4) is 0 Å². The fourth-order valence-corrected chi connectivity index (χ4v) is 4.24. The number of methoxy groups -OCH3 is 2. The van der Waals surface area contributed by atoms with Gasteiger partial charge >= 0.3 is 0 Å². The molecule has 0 radical (unpaired) electrons. The molecule has 1 aromatic heterocycles. The Hall–Kier alpha value is -4.13. The van der Waals surface area contributed by atoms with Crippen molar-refractivity contribution in [3.8, 4) is 11.5 Å². The Morgan fingerprint density at radius 3 is 2.47 bits per heavy atom. The van der Waals surface area contributed by atoms with Gasteiger partial charge < -0.3 is 19.5 Å². The molecular weight excluding hydrogens is 432 g/mol. The van der Waals surface area contributed by atoms with Gasteiger partial charge in [0.2, 0.25) is 0 Å². The second-order valence-electron chi connectivity index (χ2n) is 8.22. The number of aliphatic hydroxyl groups excluding tert-OH is 1. The molecule has 4 rings (SSSR count). The van der Waals surface area contributed by atoms with E-state index in [2.05, 4.69) is 4.98 Å². The van der Waals surface area contributed by atoms with Crippen LogP contribution in [0.15, 0.2) is 66.5 Å². The summed E-state index contributed by atoms with van der Waals surface area (Å²) in [7, 11) is 3.05. The number of amides is 1. The summed E-state index contributed by atoms with van der Waals surface area (Å²) in [5.74, 6) is -0.644. The Labute approximate surface area is 198 Å². The number of carbonyl (C=O) groups excluding carboxylic acids is 2. The summed E-state index contributed by atoms with van der Waals surface area (Å²) in [6.45, 7) is 3.91. The molecule has 1 N–H and O–H groups in total. The van der Waals surface area contributed by atoms with Gasteiger partial charge in [-0.25, -0.2) is 0 Å². The highest BCUT2D eigenvalue weighted by Gasteiger charge is 2.46. The molecule has 7 nitrogen and oxygen atoms in total. The number of ether oxygens (including phenoxy) is 2. The molecule has 0 bridgehead atoms. The third kappa shape index (κ3) is 4.12. The fourth-order valence-electron chi connectivity index (χ4n) is 4.24. The molecule has 1 aliphatic rings. The number of likely N-dealkylation sites (tertiary alicyclic amines) is 1. The van der Waals surface area contributed by atoms with Gasteiger partial charge in [0.15, 0.2) is 11.5 Å². The van der Waals surface area contributed by atoms with Crippen molar-refractivity contribution in [3.05, 3.63) is 94.3 Å². The third-order valence-electron chi connectivity index (χ3n) is 5.99. The lowest BCUT2D eigenvalue weighted by Crippen LogP contribution is -2.29. The van der Waals surface area contributed by atoms with E-state index in [4.69, 9.17) is 9.47 Å². The Kier molecular flexibility index (Phi) is 6.36. The van der Waals surface area contributed by atoms with Crippen LogP contribution in [0.5, 0.6) is 11.5 Å². The molecule has 34 heavy (non-hydrogen) atoms.